The third kappa shape index (κ3) is 1.47. The maximum Gasteiger partial charge on any atom is 0.0747 e. The summed E-state index contributed by atoms with van der Waals surface area (Å²) >= 11 is 0. The average Bonchev–Trinajstić information content (AvgIpc) is 2.79. The molecule has 1 saturated carbocycles. The number of nitrogens with zero attached hydrogens (tertiary/aromatic N) is 1. The van der Waals surface area contributed by atoms with Crippen LogP contribution in [0.25, 0.3) is 0 Å². The number of hydrogen-bond donors (Lipinski definition) is 0. The minimum absolute atomic E-state index is 0.577. The molecule has 62 valence electrons. The van der Waals surface area contributed by atoms with E-state index in [-0.39, 0.29) is 0 Å². The van der Waals surface area contributed by atoms with Gasteiger partial charge in [-0.3, -0.25) is 4.90 Å². The molecule has 1 saturated heterocycles. The molecule has 2 unspecified atom stereocenters. The van der Waals surface area contributed by atoms with Crippen LogP contribution >= 0.6 is 0 Å². The molecule has 0 spiro atoms. The van der Waals surface area contributed by atoms with Crippen LogP contribution in [0.2, 0.25) is 0 Å². The van der Waals surface area contributed by atoms with Gasteiger partial charge in [0.25, 0.3) is 0 Å². The molecular weight excluding hydrogens is 138 g/mol. The van der Waals surface area contributed by atoms with E-state index in [9.17, 15) is 0 Å². The first-order valence-corrected chi connectivity index (χ1v) is 4.38. The molecule has 0 aromatic carbocycles. The Morgan fingerprint density at radius 2 is 2.55 bits per heavy atom. The van der Waals surface area contributed by atoms with E-state index in [0.717, 1.165) is 25.6 Å². The van der Waals surface area contributed by atoms with Crippen molar-refractivity contribution in [3.05, 3.63) is 12.7 Å². The number of hydrogen-bond acceptors (Lipinski definition) is 2. The van der Waals surface area contributed by atoms with Gasteiger partial charge in [0.15, 0.2) is 0 Å². The molecule has 0 amide bonds. The Morgan fingerprint density at radius 1 is 1.64 bits per heavy atom. The summed E-state index contributed by atoms with van der Waals surface area (Å²) in [4.78, 5) is 2.52. The van der Waals surface area contributed by atoms with Crippen molar-refractivity contribution in [3.8, 4) is 0 Å². The van der Waals surface area contributed by atoms with Crippen LogP contribution < -0.4 is 0 Å². The molecule has 1 aliphatic heterocycles. The first-order chi connectivity index (χ1) is 5.42. The van der Waals surface area contributed by atoms with E-state index in [1.54, 1.807) is 0 Å². The zero-order valence-corrected chi connectivity index (χ0v) is 6.83. The van der Waals surface area contributed by atoms with E-state index < -0.39 is 0 Å². The van der Waals surface area contributed by atoms with E-state index >= 15 is 0 Å². The highest BCUT2D eigenvalue weighted by molar-refractivity contribution is 4.99. The van der Waals surface area contributed by atoms with E-state index in [2.05, 4.69) is 11.5 Å². The smallest absolute Gasteiger partial charge is 0.0747 e. The van der Waals surface area contributed by atoms with Crippen molar-refractivity contribution < 1.29 is 4.74 Å². The van der Waals surface area contributed by atoms with Crippen LogP contribution in [0.15, 0.2) is 12.7 Å². The third-order valence-corrected chi connectivity index (χ3v) is 2.50. The predicted octanol–water partition coefficient (Wildman–Crippen LogP) is 1.04. The van der Waals surface area contributed by atoms with Gasteiger partial charge in [-0.2, -0.15) is 0 Å². The second-order valence-electron chi connectivity index (χ2n) is 3.33. The average molecular weight is 153 g/mol. The highest BCUT2D eigenvalue weighted by Gasteiger charge is 2.44. The Bertz CT molecular complexity index is 158. The van der Waals surface area contributed by atoms with Gasteiger partial charge in [0.2, 0.25) is 0 Å². The monoisotopic (exact) mass is 153 g/mol. The summed E-state index contributed by atoms with van der Waals surface area (Å²) in [5.74, 6) is 0. The van der Waals surface area contributed by atoms with E-state index in [1.165, 1.54) is 13.0 Å². The van der Waals surface area contributed by atoms with Crippen LogP contribution in [-0.4, -0.2) is 36.7 Å². The Hall–Kier alpha value is -0.340. The lowest BCUT2D eigenvalue weighted by atomic mass is 10.3. The lowest BCUT2D eigenvalue weighted by Gasteiger charge is -2.25. The molecule has 2 rings (SSSR count). The molecule has 0 aromatic rings. The first-order valence-electron chi connectivity index (χ1n) is 4.38. The molecular formula is C9H15NO. The summed E-state index contributed by atoms with van der Waals surface area (Å²) in [6.07, 6.45) is 4.95. The molecule has 2 fully saturated rings. The zero-order chi connectivity index (χ0) is 7.68. The maximum absolute atomic E-state index is 5.49. The van der Waals surface area contributed by atoms with Crippen molar-refractivity contribution in [2.75, 3.05) is 19.7 Å². The Labute approximate surface area is 67.8 Å². The van der Waals surface area contributed by atoms with Crippen molar-refractivity contribution in [3.63, 3.8) is 0 Å². The predicted molar refractivity (Wildman–Crippen MR) is 44.5 cm³/mol. The van der Waals surface area contributed by atoms with Gasteiger partial charge in [-0.05, 0) is 12.8 Å². The van der Waals surface area contributed by atoms with Gasteiger partial charge < -0.3 is 4.74 Å². The quantitative estimate of drug-likeness (QED) is 0.562. The van der Waals surface area contributed by atoms with Crippen LogP contribution in [0, 0.1) is 0 Å². The highest BCUT2D eigenvalue weighted by Crippen LogP contribution is 2.34. The molecule has 2 aliphatic rings. The highest BCUT2D eigenvalue weighted by atomic mass is 16.5. The maximum atomic E-state index is 5.49. The van der Waals surface area contributed by atoms with Crippen LogP contribution in [0.3, 0.4) is 0 Å². The van der Waals surface area contributed by atoms with Gasteiger partial charge in [-0.1, -0.05) is 6.08 Å². The number of morpholine rings is 1. The van der Waals surface area contributed by atoms with Gasteiger partial charge in [-0.15, -0.1) is 6.58 Å². The van der Waals surface area contributed by atoms with Crippen LogP contribution in [0.4, 0.5) is 0 Å². The van der Waals surface area contributed by atoms with Crippen molar-refractivity contribution in [2.24, 2.45) is 0 Å². The molecule has 0 bridgehead atoms. The third-order valence-electron chi connectivity index (χ3n) is 2.50. The SMILES string of the molecule is C=CCCN1CCOC2CC21. The molecule has 1 aliphatic carbocycles. The lowest BCUT2D eigenvalue weighted by Crippen LogP contribution is -2.37. The van der Waals surface area contributed by atoms with E-state index in [0.29, 0.717) is 6.10 Å². The van der Waals surface area contributed by atoms with E-state index in [4.69, 9.17) is 4.74 Å². The van der Waals surface area contributed by atoms with Gasteiger partial charge in [0, 0.05) is 19.1 Å². The Balaban J connectivity index is 1.78. The fraction of sp³-hybridized carbons (Fsp3) is 0.778. The van der Waals surface area contributed by atoms with Gasteiger partial charge in [0.1, 0.15) is 0 Å². The topological polar surface area (TPSA) is 12.5 Å². The molecule has 2 atom stereocenters. The van der Waals surface area contributed by atoms with Gasteiger partial charge in [0.05, 0.1) is 12.7 Å². The van der Waals surface area contributed by atoms with Crippen LogP contribution in [-0.2, 0) is 4.74 Å². The van der Waals surface area contributed by atoms with Crippen LogP contribution in [0.1, 0.15) is 12.8 Å². The fourth-order valence-electron chi connectivity index (χ4n) is 1.74. The van der Waals surface area contributed by atoms with Crippen molar-refractivity contribution in [2.45, 2.75) is 25.0 Å². The summed E-state index contributed by atoms with van der Waals surface area (Å²) in [5.41, 5.74) is 0. The second kappa shape index (κ2) is 2.95. The van der Waals surface area contributed by atoms with Crippen LogP contribution in [0.5, 0.6) is 0 Å². The summed E-state index contributed by atoms with van der Waals surface area (Å²) in [5, 5.41) is 0. The first kappa shape index (κ1) is 7.32. The molecule has 0 N–H and O–H groups in total. The van der Waals surface area contributed by atoms with Crippen molar-refractivity contribution >= 4 is 0 Å². The number of fused-ring (bicyclic) bond motifs is 1. The van der Waals surface area contributed by atoms with Gasteiger partial charge in [-0.25, -0.2) is 0 Å². The number of ether oxygens (including phenoxy) is 1. The standard InChI is InChI=1S/C9H15NO/c1-2-3-4-10-5-6-11-9-7-8(9)10/h2,8-9H,1,3-7H2. The molecule has 1 heterocycles. The van der Waals surface area contributed by atoms with Gasteiger partial charge >= 0.3 is 0 Å². The zero-order valence-electron chi connectivity index (χ0n) is 6.83. The summed E-state index contributed by atoms with van der Waals surface area (Å²) in [6.45, 7) is 6.95. The summed E-state index contributed by atoms with van der Waals surface area (Å²) in [6, 6.07) is 0.753. The molecule has 0 aromatic heterocycles. The molecule has 2 heteroatoms. The second-order valence-corrected chi connectivity index (χ2v) is 3.33. The molecule has 2 nitrogen and oxygen atoms in total. The molecule has 11 heavy (non-hydrogen) atoms. The largest absolute Gasteiger partial charge is 0.375 e. The lowest BCUT2D eigenvalue weighted by molar-refractivity contribution is 0.0320. The number of rotatable bonds is 3. The Kier molecular flexibility index (Phi) is 1.96. The minimum Gasteiger partial charge on any atom is -0.375 e. The Morgan fingerprint density at radius 3 is 3.36 bits per heavy atom. The van der Waals surface area contributed by atoms with Crippen molar-refractivity contribution in [1.29, 1.82) is 0 Å². The summed E-state index contributed by atoms with van der Waals surface area (Å²) in [7, 11) is 0. The van der Waals surface area contributed by atoms with E-state index in [1.807, 2.05) is 6.08 Å². The normalized spacial score (nSPS) is 36.4. The van der Waals surface area contributed by atoms with Crippen molar-refractivity contribution in [1.82, 2.24) is 4.90 Å². The fourth-order valence-corrected chi connectivity index (χ4v) is 1.74. The molecule has 0 radical (unpaired) electrons. The summed E-state index contributed by atoms with van der Waals surface area (Å²) < 4.78 is 5.49. The minimum atomic E-state index is 0.577.